The summed E-state index contributed by atoms with van der Waals surface area (Å²) in [4.78, 5) is 17.6. The molecule has 9 heteroatoms. The van der Waals surface area contributed by atoms with E-state index >= 15 is 0 Å². The van der Waals surface area contributed by atoms with E-state index in [2.05, 4.69) is 29.5 Å². The van der Waals surface area contributed by atoms with E-state index in [9.17, 15) is 18.0 Å². The molecule has 0 heterocycles. The first-order chi connectivity index (χ1) is 12.4. The maximum absolute atomic E-state index is 12.8. The zero-order chi connectivity index (χ0) is 20.7. The first kappa shape index (κ1) is 23.1. The topological polar surface area (TPSA) is 56.7 Å². The number of guanidine groups is 1. The van der Waals surface area contributed by atoms with Gasteiger partial charge in [0.15, 0.2) is 5.96 Å². The number of amides is 1. The Hall–Kier alpha value is -1.90. The molecule has 27 heavy (non-hydrogen) atoms. The summed E-state index contributed by atoms with van der Waals surface area (Å²) in [5.74, 6) is 0.248. The van der Waals surface area contributed by atoms with Crippen LogP contribution in [0.5, 0.6) is 0 Å². The molecule has 0 radical (unpaired) electrons. The van der Waals surface area contributed by atoms with Crippen molar-refractivity contribution in [3.05, 3.63) is 35.4 Å². The van der Waals surface area contributed by atoms with Crippen molar-refractivity contribution < 1.29 is 18.0 Å². The Kier molecular flexibility index (Phi) is 8.46. The van der Waals surface area contributed by atoms with Gasteiger partial charge < -0.3 is 15.5 Å². The van der Waals surface area contributed by atoms with E-state index in [-0.39, 0.29) is 23.7 Å². The zero-order valence-electron chi connectivity index (χ0n) is 16.3. The molecule has 1 amide bonds. The van der Waals surface area contributed by atoms with E-state index < -0.39 is 11.7 Å². The van der Waals surface area contributed by atoms with Crippen molar-refractivity contribution in [3.63, 3.8) is 0 Å². The van der Waals surface area contributed by atoms with E-state index in [4.69, 9.17) is 0 Å². The molecular formula is C18H27F3N4OS. The minimum atomic E-state index is -4.39. The fourth-order valence-electron chi connectivity index (χ4n) is 1.88. The van der Waals surface area contributed by atoms with Gasteiger partial charge in [0.1, 0.15) is 0 Å². The number of halogens is 3. The minimum absolute atomic E-state index is 0.0428. The third-order valence-corrected chi connectivity index (χ3v) is 5.06. The standard InChI is InChI=1S/C18H27F3N4OS/c1-17(2,27-5)12-24-16(23-11-15(26)25(3)4)22-10-13-7-6-8-14(9-13)18(19,20)21/h6-9H,10-12H2,1-5H3,(H2,22,23,24). The summed E-state index contributed by atoms with van der Waals surface area (Å²) in [7, 11) is 3.29. The summed E-state index contributed by atoms with van der Waals surface area (Å²) in [6.07, 6.45) is -2.40. The number of benzene rings is 1. The first-order valence-electron chi connectivity index (χ1n) is 8.38. The molecule has 1 aromatic carbocycles. The van der Waals surface area contributed by atoms with Crippen LogP contribution < -0.4 is 10.6 Å². The summed E-state index contributed by atoms with van der Waals surface area (Å²) in [5.41, 5.74) is -0.266. The number of nitrogens with zero attached hydrogens (tertiary/aromatic N) is 2. The third-order valence-electron chi connectivity index (χ3n) is 3.81. The van der Waals surface area contributed by atoms with Crippen LogP contribution in [0.25, 0.3) is 0 Å². The number of aliphatic imine (C=N–C) groups is 1. The van der Waals surface area contributed by atoms with Gasteiger partial charge in [0, 0.05) is 25.4 Å². The molecule has 1 aromatic rings. The van der Waals surface area contributed by atoms with Crippen molar-refractivity contribution in [2.45, 2.75) is 31.3 Å². The molecule has 0 spiro atoms. The molecule has 0 atom stereocenters. The van der Waals surface area contributed by atoms with Gasteiger partial charge in [-0.15, -0.1) is 0 Å². The highest BCUT2D eigenvalue weighted by Crippen LogP contribution is 2.29. The predicted octanol–water partition coefficient (Wildman–Crippen LogP) is 2.97. The highest BCUT2D eigenvalue weighted by Gasteiger charge is 2.30. The number of alkyl halides is 3. The number of thioether (sulfide) groups is 1. The van der Waals surface area contributed by atoms with Crippen molar-refractivity contribution in [1.82, 2.24) is 15.5 Å². The lowest BCUT2D eigenvalue weighted by atomic mass is 10.1. The molecule has 0 bridgehead atoms. The second kappa shape index (κ2) is 9.87. The lowest BCUT2D eigenvalue weighted by molar-refractivity contribution is -0.137. The smallest absolute Gasteiger partial charge is 0.355 e. The molecule has 2 N–H and O–H groups in total. The molecular weight excluding hydrogens is 377 g/mol. The lowest BCUT2D eigenvalue weighted by Crippen LogP contribution is -2.46. The van der Waals surface area contributed by atoms with Gasteiger partial charge in [-0.1, -0.05) is 12.1 Å². The fourth-order valence-corrected chi connectivity index (χ4v) is 2.09. The Bertz CT molecular complexity index is 660. The average Bonchev–Trinajstić information content (AvgIpc) is 2.60. The number of hydrogen-bond acceptors (Lipinski definition) is 3. The molecule has 5 nitrogen and oxygen atoms in total. The van der Waals surface area contributed by atoms with Crippen molar-refractivity contribution in [1.29, 1.82) is 0 Å². The molecule has 0 fully saturated rings. The fraction of sp³-hybridized carbons (Fsp3) is 0.556. The van der Waals surface area contributed by atoms with Crippen molar-refractivity contribution in [2.24, 2.45) is 4.99 Å². The zero-order valence-corrected chi connectivity index (χ0v) is 17.1. The van der Waals surface area contributed by atoms with E-state index in [1.54, 1.807) is 31.9 Å². The Labute approximate surface area is 162 Å². The summed E-state index contributed by atoms with van der Waals surface area (Å²) in [5, 5.41) is 6.07. The quantitative estimate of drug-likeness (QED) is 0.542. The SMILES string of the molecule is CSC(C)(C)CNC(=NCc1cccc(C(F)(F)F)c1)NCC(=O)N(C)C. The molecule has 0 unspecified atom stereocenters. The summed E-state index contributed by atoms with van der Waals surface area (Å²) >= 11 is 1.67. The molecule has 0 aliphatic heterocycles. The Morgan fingerprint density at radius 1 is 1.22 bits per heavy atom. The molecule has 1 rings (SSSR count). The van der Waals surface area contributed by atoms with Gasteiger partial charge in [-0.05, 0) is 37.8 Å². The molecule has 0 saturated carbocycles. The van der Waals surface area contributed by atoms with Crippen LogP contribution in [0.4, 0.5) is 13.2 Å². The number of hydrogen-bond donors (Lipinski definition) is 2. The third kappa shape index (κ3) is 8.55. The summed E-state index contributed by atoms with van der Waals surface area (Å²) < 4.78 is 38.4. The maximum atomic E-state index is 12.8. The van der Waals surface area contributed by atoms with Gasteiger partial charge in [0.25, 0.3) is 0 Å². The Morgan fingerprint density at radius 2 is 1.89 bits per heavy atom. The summed E-state index contributed by atoms with van der Waals surface area (Å²) in [6.45, 7) is 4.80. The van der Waals surface area contributed by atoms with E-state index in [1.807, 2.05) is 6.26 Å². The van der Waals surface area contributed by atoms with Crippen LogP contribution >= 0.6 is 11.8 Å². The lowest BCUT2D eigenvalue weighted by Gasteiger charge is -2.24. The summed E-state index contributed by atoms with van der Waals surface area (Å²) in [6, 6.07) is 5.06. The normalized spacial score (nSPS) is 12.7. The van der Waals surface area contributed by atoms with Crippen molar-refractivity contribution >= 4 is 23.6 Å². The number of likely N-dealkylation sites (N-methyl/N-ethyl adjacent to an activating group) is 1. The molecule has 152 valence electrons. The van der Waals surface area contributed by atoms with Gasteiger partial charge in [0.2, 0.25) is 5.91 Å². The second-order valence-corrected chi connectivity index (χ2v) is 8.34. The van der Waals surface area contributed by atoms with E-state index in [0.29, 0.717) is 18.1 Å². The van der Waals surface area contributed by atoms with Gasteiger partial charge >= 0.3 is 6.18 Å². The van der Waals surface area contributed by atoms with Gasteiger partial charge in [-0.25, -0.2) is 4.99 Å². The van der Waals surface area contributed by atoms with Crippen molar-refractivity contribution in [2.75, 3.05) is 33.4 Å². The molecule has 0 aliphatic rings. The Balaban J connectivity index is 2.88. The van der Waals surface area contributed by atoms with Crippen LogP contribution in [0.3, 0.4) is 0 Å². The number of carbonyl (C=O) groups excluding carboxylic acids is 1. The Morgan fingerprint density at radius 3 is 2.44 bits per heavy atom. The number of rotatable bonds is 7. The minimum Gasteiger partial charge on any atom is -0.355 e. The van der Waals surface area contributed by atoms with E-state index in [1.165, 1.54) is 11.0 Å². The van der Waals surface area contributed by atoms with Gasteiger partial charge in [0.05, 0.1) is 18.7 Å². The molecule has 0 aliphatic carbocycles. The largest absolute Gasteiger partial charge is 0.416 e. The molecule has 0 aromatic heterocycles. The monoisotopic (exact) mass is 404 g/mol. The van der Waals surface area contributed by atoms with Gasteiger partial charge in [-0.3, -0.25) is 4.79 Å². The first-order valence-corrected chi connectivity index (χ1v) is 9.61. The van der Waals surface area contributed by atoms with Crippen LogP contribution in [0, 0.1) is 0 Å². The van der Waals surface area contributed by atoms with Crippen LogP contribution in [-0.4, -0.2) is 55.0 Å². The predicted molar refractivity (Wildman–Crippen MR) is 105 cm³/mol. The van der Waals surface area contributed by atoms with Crippen LogP contribution in [0.15, 0.2) is 29.3 Å². The van der Waals surface area contributed by atoms with Gasteiger partial charge in [-0.2, -0.15) is 24.9 Å². The maximum Gasteiger partial charge on any atom is 0.416 e. The van der Waals surface area contributed by atoms with Crippen LogP contribution in [0.2, 0.25) is 0 Å². The highest BCUT2D eigenvalue weighted by atomic mass is 32.2. The number of nitrogens with one attached hydrogen (secondary N) is 2. The van der Waals surface area contributed by atoms with E-state index in [0.717, 1.165) is 12.1 Å². The van der Waals surface area contributed by atoms with Crippen LogP contribution in [-0.2, 0) is 17.5 Å². The second-order valence-electron chi connectivity index (χ2n) is 6.82. The molecule has 0 saturated heterocycles. The average molecular weight is 405 g/mol. The van der Waals surface area contributed by atoms with Crippen LogP contribution in [0.1, 0.15) is 25.0 Å². The van der Waals surface area contributed by atoms with Crippen molar-refractivity contribution in [3.8, 4) is 0 Å². The highest BCUT2D eigenvalue weighted by molar-refractivity contribution is 7.99. The number of carbonyl (C=O) groups is 1.